The molecule has 1 atom stereocenters. The Morgan fingerprint density at radius 2 is 1.68 bits per heavy atom. The number of benzene rings is 1. The standard InChI is InChI=1S/C19H24F3N5O/c20-19(21,22)17(28)12-25-7-9-26(10-8-25)14-3-4-16-15(11-14)18(24-13-23-16)27-5-1-2-6-27/h3-4,11,13,17,28H,1-2,5-10,12H2. The molecule has 2 saturated heterocycles. The van der Waals surface area contributed by atoms with Gasteiger partial charge < -0.3 is 14.9 Å². The smallest absolute Gasteiger partial charge is 0.382 e. The number of aliphatic hydroxyl groups is 1. The van der Waals surface area contributed by atoms with Crippen molar-refractivity contribution in [1.82, 2.24) is 14.9 Å². The molecule has 1 aromatic heterocycles. The molecular weight excluding hydrogens is 371 g/mol. The zero-order valence-electron chi connectivity index (χ0n) is 15.6. The van der Waals surface area contributed by atoms with Crippen LogP contribution in [0.15, 0.2) is 24.5 Å². The number of aliphatic hydroxyl groups excluding tert-OH is 1. The summed E-state index contributed by atoms with van der Waals surface area (Å²) in [6.07, 6.45) is -2.93. The molecule has 1 unspecified atom stereocenters. The third kappa shape index (κ3) is 4.00. The number of β-amino-alcohol motifs (C(OH)–C–C–N with tert-alkyl or cyclic N) is 1. The molecule has 28 heavy (non-hydrogen) atoms. The number of piperazine rings is 1. The second-order valence-electron chi connectivity index (χ2n) is 7.44. The average Bonchev–Trinajstić information content (AvgIpc) is 3.21. The van der Waals surface area contributed by atoms with Crippen LogP contribution >= 0.6 is 0 Å². The first-order valence-electron chi connectivity index (χ1n) is 9.63. The molecule has 4 rings (SSSR count). The number of alkyl halides is 3. The number of halogens is 3. The highest BCUT2D eigenvalue weighted by Crippen LogP contribution is 2.30. The zero-order chi connectivity index (χ0) is 19.7. The van der Waals surface area contributed by atoms with E-state index in [2.05, 4.69) is 25.8 Å². The Morgan fingerprint density at radius 1 is 0.964 bits per heavy atom. The lowest BCUT2D eigenvalue weighted by Crippen LogP contribution is -2.50. The van der Waals surface area contributed by atoms with Gasteiger partial charge in [-0.05, 0) is 31.0 Å². The van der Waals surface area contributed by atoms with Crippen molar-refractivity contribution in [2.75, 3.05) is 55.6 Å². The quantitative estimate of drug-likeness (QED) is 0.857. The van der Waals surface area contributed by atoms with Crippen molar-refractivity contribution in [3.8, 4) is 0 Å². The van der Waals surface area contributed by atoms with Crippen molar-refractivity contribution >= 4 is 22.4 Å². The van der Waals surface area contributed by atoms with Gasteiger partial charge in [0.05, 0.1) is 5.52 Å². The average molecular weight is 395 g/mol. The summed E-state index contributed by atoms with van der Waals surface area (Å²) < 4.78 is 37.7. The van der Waals surface area contributed by atoms with Gasteiger partial charge in [0.25, 0.3) is 0 Å². The molecule has 0 saturated carbocycles. The zero-order valence-corrected chi connectivity index (χ0v) is 15.6. The van der Waals surface area contributed by atoms with Gasteiger partial charge in [-0.1, -0.05) is 0 Å². The monoisotopic (exact) mass is 395 g/mol. The molecule has 2 aromatic rings. The minimum Gasteiger partial charge on any atom is -0.382 e. The fourth-order valence-corrected chi connectivity index (χ4v) is 3.95. The van der Waals surface area contributed by atoms with Gasteiger partial charge in [-0.25, -0.2) is 9.97 Å². The number of aromatic nitrogens is 2. The van der Waals surface area contributed by atoms with Gasteiger partial charge in [0, 0.05) is 56.9 Å². The fraction of sp³-hybridized carbons (Fsp3) is 0.579. The Bertz CT molecular complexity index is 817. The summed E-state index contributed by atoms with van der Waals surface area (Å²) in [7, 11) is 0. The van der Waals surface area contributed by atoms with E-state index in [0.29, 0.717) is 26.2 Å². The number of hydrogen-bond donors (Lipinski definition) is 1. The van der Waals surface area contributed by atoms with Crippen molar-refractivity contribution in [3.05, 3.63) is 24.5 Å². The van der Waals surface area contributed by atoms with Gasteiger partial charge in [-0.3, -0.25) is 4.90 Å². The number of fused-ring (bicyclic) bond motifs is 1. The largest absolute Gasteiger partial charge is 0.415 e. The second kappa shape index (κ2) is 7.71. The number of hydrogen-bond acceptors (Lipinski definition) is 6. The van der Waals surface area contributed by atoms with Crippen LogP contribution in [0.1, 0.15) is 12.8 Å². The normalized spacial score (nSPS) is 20.1. The van der Waals surface area contributed by atoms with Crippen LogP contribution in [0, 0.1) is 0 Å². The van der Waals surface area contributed by atoms with Crippen LogP contribution in [0.3, 0.4) is 0 Å². The number of anilines is 2. The third-order valence-electron chi connectivity index (χ3n) is 5.55. The van der Waals surface area contributed by atoms with Gasteiger partial charge in [0.2, 0.25) is 0 Å². The Balaban J connectivity index is 1.47. The Kier molecular flexibility index (Phi) is 5.29. The maximum atomic E-state index is 12.6. The molecule has 0 radical (unpaired) electrons. The van der Waals surface area contributed by atoms with E-state index in [1.807, 2.05) is 12.1 Å². The van der Waals surface area contributed by atoms with Crippen molar-refractivity contribution in [2.45, 2.75) is 25.1 Å². The summed E-state index contributed by atoms with van der Waals surface area (Å²) in [4.78, 5) is 15.0. The molecule has 3 heterocycles. The molecule has 2 aliphatic rings. The first-order valence-corrected chi connectivity index (χ1v) is 9.63. The van der Waals surface area contributed by atoms with E-state index in [1.54, 1.807) is 11.2 Å². The summed E-state index contributed by atoms with van der Waals surface area (Å²) in [5, 5.41) is 10.3. The van der Waals surface area contributed by atoms with Crippen LogP contribution in [-0.4, -0.2) is 78.1 Å². The number of rotatable bonds is 4. The Morgan fingerprint density at radius 3 is 2.36 bits per heavy atom. The van der Waals surface area contributed by atoms with Crippen molar-refractivity contribution in [3.63, 3.8) is 0 Å². The topological polar surface area (TPSA) is 55.7 Å². The lowest BCUT2D eigenvalue weighted by Gasteiger charge is -2.37. The second-order valence-corrected chi connectivity index (χ2v) is 7.44. The van der Waals surface area contributed by atoms with Crippen molar-refractivity contribution in [1.29, 1.82) is 0 Å². The fourth-order valence-electron chi connectivity index (χ4n) is 3.95. The van der Waals surface area contributed by atoms with Gasteiger partial charge in [-0.2, -0.15) is 13.2 Å². The maximum Gasteiger partial charge on any atom is 0.415 e. The van der Waals surface area contributed by atoms with Gasteiger partial charge in [0.1, 0.15) is 12.1 Å². The van der Waals surface area contributed by atoms with E-state index in [-0.39, 0.29) is 6.54 Å². The molecule has 6 nitrogen and oxygen atoms in total. The minimum atomic E-state index is -4.57. The molecule has 2 aliphatic heterocycles. The van der Waals surface area contributed by atoms with Crippen molar-refractivity contribution < 1.29 is 18.3 Å². The maximum absolute atomic E-state index is 12.6. The molecular formula is C19H24F3N5O. The van der Waals surface area contributed by atoms with E-state index in [9.17, 15) is 18.3 Å². The van der Waals surface area contributed by atoms with Gasteiger partial charge >= 0.3 is 6.18 Å². The summed E-state index contributed by atoms with van der Waals surface area (Å²) >= 11 is 0. The molecule has 1 N–H and O–H groups in total. The number of nitrogens with zero attached hydrogens (tertiary/aromatic N) is 5. The van der Waals surface area contributed by atoms with Gasteiger partial charge in [0.15, 0.2) is 6.10 Å². The van der Waals surface area contributed by atoms with Crippen LogP contribution in [0.2, 0.25) is 0 Å². The first kappa shape index (κ1) is 19.2. The molecule has 9 heteroatoms. The third-order valence-corrected chi connectivity index (χ3v) is 5.55. The summed E-state index contributed by atoms with van der Waals surface area (Å²) in [6, 6.07) is 6.07. The Hall–Kier alpha value is -2.13. The summed E-state index contributed by atoms with van der Waals surface area (Å²) in [5.74, 6) is 0.955. The molecule has 152 valence electrons. The summed E-state index contributed by atoms with van der Waals surface area (Å²) in [5.41, 5.74) is 1.92. The van der Waals surface area contributed by atoms with Crippen LogP contribution < -0.4 is 9.80 Å². The molecule has 0 amide bonds. The van der Waals surface area contributed by atoms with Crippen LogP contribution in [0.25, 0.3) is 10.9 Å². The van der Waals surface area contributed by atoms with E-state index >= 15 is 0 Å². The van der Waals surface area contributed by atoms with Crippen LogP contribution in [0.5, 0.6) is 0 Å². The highest BCUT2D eigenvalue weighted by molar-refractivity contribution is 5.92. The first-order chi connectivity index (χ1) is 13.4. The predicted molar refractivity (Wildman–Crippen MR) is 102 cm³/mol. The van der Waals surface area contributed by atoms with E-state index in [0.717, 1.165) is 48.3 Å². The van der Waals surface area contributed by atoms with E-state index in [4.69, 9.17) is 0 Å². The predicted octanol–water partition coefficient (Wildman–Crippen LogP) is 2.28. The van der Waals surface area contributed by atoms with Crippen molar-refractivity contribution in [2.24, 2.45) is 0 Å². The van der Waals surface area contributed by atoms with E-state index < -0.39 is 12.3 Å². The van der Waals surface area contributed by atoms with Crippen LogP contribution in [-0.2, 0) is 0 Å². The molecule has 1 aromatic carbocycles. The van der Waals surface area contributed by atoms with Gasteiger partial charge in [-0.15, -0.1) is 0 Å². The Labute approximate surface area is 161 Å². The highest BCUT2D eigenvalue weighted by atomic mass is 19.4. The lowest BCUT2D eigenvalue weighted by atomic mass is 10.1. The lowest BCUT2D eigenvalue weighted by molar-refractivity contribution is -0.208. The highest BCUT2D eigenvalue weighted by Gasteiger charge is 2.39. The summed E-state index contributed by atoms with van der Waals surface area (Å²) in [6.45, 7) is 3.81. The molecule has 0 aliphatic carbocycles. The molecule has 0 bridgehead atoms. The molecule has 2 fully saturated rings. The van der Waals surface area contributed by atoms with Crippen LogP contribution in [0.4, 0.5) is 24.7 Å². The molecule has 0 spiro atoms. The minimum absolute atomic E-state index is 0.373. The SMILES string of the molecule is OC(CN1CCN(c2ccc3ncnc(N4CCCC4)c3c2)CC1)C(F)(F)F. The van der Waals surface area contributed by atoms with E-state index in [1.165, 1.54) is 0 Å².